The van der Waals surface area contributed by atoms with Gasteiger partial charge in [0.25, 0.3) is 5.56 Å². The molecular weight excluding hydrogens is 396 g/mol. The maximum Gasteiger partial charge on any atom is 0.331 e. The van der Waals surface area contributed by atoms with Crippen molar-refractivity contribution < 1.29 is 13.2 Å². The lowest BCUT2D eigenvalue weighted by Crippen LogP contribution is -2.40. The molecule has 0 saturated carbocycles. The number of likely N-dealkylation sites (tertiary alicyclic amines) is 1. The molecule has 9 nitrogen and oxygen atoms in total. The van der Waals surface area contributed by atoms with Crippen LogP contribution in [0, 0.1) is 0 Å². The highest BCUT2D eigenvalue weighted by Crippen LogP contribution is 2.15. The second-order valence-electron chi connectivity index (χ2n) is 7.21. The highest BCUT2D eigenvalue weighted by molar-refractivity contribution is 7.89. The van der Waals surface area contributed by atoms with Gasteiger partial charge in [0.05, 0.1) is 15.8 Å². The van der Waals surface area contributed by atoms with Crippen LogP contribution in [-0.2, 0) is 28.4 Å². The van der Waals surface area contributed by atoms with E-state index in [9.17, 15) is 22.8 Å². The van der Waals surface area contributed by atoms with Gasteiger partial charge in [-0.3, -0.25) is 18.7 Å². The number of nitrogens with zero attached hydrogens (tertiary/aromatic N) is 3. The van der Waals surface area contributed by atoms with Gasteiger partial charge in [0.2, 0.25) is 15.9 Å². The van der Waals surface area contributed by atoms with E-state index in [2.05, 4.69) is 4.72 Å². The molecule has 0 unspecified atom stereocenters. The van der Waals surface area contributed by atoms with E-state index in [1.807, 2.05) is 6.92 Å². The Bertz CT molecular complexity index is 1140. The van der Waals surface area contributed by atoms with Crippen LogP contribution in [0.4, 0.5) is 0 Å². The average Bonchev–Trinajstić information content (AvgIpc) is 3.25. The minimum absolute atomic E-state index is 0.0334. The van der Waals surface area contributed by atoms with Gasteiger partial charge in [0, 0.05) is 39.6 Å². The number of sulfonamides is 1. The number of carbonyl (C=O) groups is 1. The number of hydrogen-bond acceptors (Lipinski definition) is 5. The molecule has 0 bridgehead atoms. The van der Waals surface area contributed by atoms with E-state index in [1.165, 1.54) is 29.8 Å². The van der Waals surface area contributed by atoms with Crippen molar-refractivity contribution in [2.45, 2.75) is 44.0 Å². The van der Waals surface area contributed by atoms with Crippen LogP contribution in [0.1, 0.15) is 32.6 Å². The molecule has 0 atom stereocenters. The lowest BCUT2D eigenvalue weighted by molar-refractivity contribution is -0.130. The zero-order valence-corrected chi connectivity index (χ0v) is 17.5. The van der Waals surface area contributed by atoms with Gasteiger partial charge in [-0.15, -0.1) is 0 Å². The number of aryl methyl sites for hydroxylation is 1. The summed E-state index contributed by atoms with van der Waals surface area (Å²) >= 11 is 0. The Labute approximate surface area is 169 Å². The lowest BCUT2D eigenvalue weighted by Gasteiger charge is -2.16. The third kappa shape index (κ3) is 4.27. The second-order valence-corrected chi connectivity index (χ2v) is 8.98. The van der Waals surface area contributed by atoms with Crippen molar-refractivity contribution in [1.29, 1.82) is 0 Å². The van der Waals surface area contributed by atoms with Crippen LogP contribution in [0.5, 0.6) is 0 Å². The number of fused-ring (bicyclic) bond motifs is 1. The van der Waals surface area contributed by atoms with Crippen LogP contribution < -0.4 is 16.0 Å². The van der Waals surface area contributed by atoms with Crippen LogP contribution in [-0.4, -0.2) is 48.0 Å². The predicted octanol–water partition coefficient (Wildman–Crippen LogP) is 0.401. The first kappa shape index (κ1) is 21.3. The summed E-state index contributed by atoms with van der Waals surface area (Å²) in [6.07, 6.45) is 2.62. The molecule has 0 aliphatic carbocycles. The monoisotopic (exact) mass is 422 g/mol. The highest BCUT2D eigenvalue weighted by Gasteiger charge is 2.20. The summed E-state index contributed by atoms with van der Waals surface area (Å²) in [5, 5.41) is 0.125. The molecule has 1 N–H and O–H groups in total. The number of benzene rings is 1. The van der Waals surface area contributed by atoms with E-state index in [1.54, 1.807) is 4.90 Å². The SMILES string of the molecule is CCCNS(=O)(=O)c1ccc2c(c1)c(=O)n(CCC(=O)N1CCCC1)c(=O)n2C. The molecule has 1 fully saturated rings. The Balaban J connectivity index is 1.99. The van der Waals surface area contributed by atoms with Gasteiger partial charge < -0.3 is 4.90 Å². The van der Waals surface area contributed by atoms with Crippen LogP contribution in [0.2, 0.25) is 0 Å². The smallest absolute Gasteiger partial charge is 0.331 e. The van der Waals surface area contributed by atoms with Crippen LogP contribution in [0.3, 0.4) is 0 Å². The Morgan fingerprint density at radius 1 is 1.17 bits per heavy atom. The number of nitrogens with one attached hydrogen (secondary N) is 1. The predicted molar refractivity (Wildman–Crippen MR) is 109 cm³/mol. The third-order valence-electron chi connectivity index (χ3n) is 5.18. The summed E-state index contributed by atoms with van der Waals surface area (Å²) in [6, 6.07) is 4.12. The number of aromatic nitrogens is 2. The standard InChI is InChI=1S/C19H26N4O5S/c1-3-9-20-29(27,28)14-6-7-16-15(13-14)18(25)23(19(26)21(16)2)12-8-17(24)22-10-4-5-11-22/h6-7,13,20H,3-5,8-12H2,1-2H3. The van der Waals surface area contributed by atoms with Gasteiger partial charge in [0.15, 0.2) is 0 Å². The van der Waals surface area contributed by atoms with Crippen molar-refractivity contribution in [3.05, 3.63) is 39.0 Å². The van der Waals surface area contributed by atoms with Gasteiger partial charge >= 0.3 is 5.69 Å². The molecule has 1 aliphatic heterocycles. The van der Waals surface area contributed by atoms with Crippen molar-refractivity contribution >= 4 is 26.8 Å². The Morgan fingerprint density at radius 3 is 2.52 bits per heavy atom. The van der Waals surface area contributed by atoms with E-state index in [0.29, 0.717) is 25.0 Å². The van der Waals surface area contributed by atoms with Crippen molar-refractivity contribution in [3.63, 3.8) is 0 Å². The zero-order chi connectivity index (χ0) is 21.2. The fourth-order valence-corrected chi connectivity index (χ4v) is 4.67. The molecule has 3 rings (SSSR count). The van der Waals surface area contributed by atoms with E-state index in [4.69, 9.17) is 0 Å². The first-order valence-electron chi connectivity index (χ1n) is 9.77. The van der Waals surface area contributed by atoms with Crippen molar-refractivity contribution in [2.75, 3.05) is 19.6 Å². The molecule has 0 spiro atoms. The molecule has 158 valence electrons. The van der Waals surface area contributed by atoms with Crippen LogP contribution >= 0.6 is 0 Å². The maximum absolute atomic E-state index is 12.9. The van der Waals surface area contributed by atoms with E-state index >= 15 is 0 Å². The first-order valence-corrected chi connectivity index (χ1v) is 11.3. The first-order chi connectivity index (χ1) is 13.8. The molecule has 0 radical (unpaired) electrons. The summed E-state index contributed by atoms with van der Waals surface area (Å²) in [5.41, 5.74) is -0.780. The summed E-state index contributed by atoms with van der Waals surface area (Å²) in [6.45, 7) is 3.50. The quantitative estimate of drug-likeness (QED) is 0.695. The number of carbonyl (C=O) groups excluding carboxylic acids is 1. The number of amides is 1. The van der Waals surface area contributed by atoms with E-state index in [0.717, 1.165) is 17.4 Å². The second kappa shape index (κ2) is 8.50. The van der Waals surface area contributed by atoms with Gasteiger partial charge in [-0.05, 0) is 37.5 Å². The number of hydrogen-bond donors (Lipinski definition) is 1. The topological polar surface area (TPSA) is 110 Å². The fraction of sp³-hybridized carbons (Fsp3) is 0.526. The minimum atomic E-state index is -3.75. The summed E-state index contributed by atoms with van der Waals surface area (Å²) in [4.78, 5) is 39.6. The molecular formula is C19H26N4O5S. The largest absolute Gasteiger partial charge is 0.343 e. The Kier molecular flexibility index (Phi) is 6.23. The molecule has 10 heteroatoms. The van der Waals surface area contributed by atoms with Gasteiger partial charge in [0.1, 0.15) is 0 Å². The maximum atomic E-state index is 12.9. The molecule has 2 heterocycles. The van der Waals surface area contributed by atoms with E-state index < -0.39 is 21.3 Å². The highest BCUT2D eigenvalue weighted by atomic mass is 32.2. The fourth-order valence-electron chi connectivity index (χ4n) is 3.51. The minimum Gasteiger partial charge on any atom is -0.343 e. The average molecular weight is 423 g/mol. The molecule has 2 aromatic rings. The molecule has 1 aliphatic rings. The summed E-state index contributed by atoms with van der Waals surface area (Å²) in [7, 11) is -2.23. The molecule has 1 saturated heterocycles. The molecule has 1 aromatic heterocycles. The van der Waals surface area contributed by atoms with Crippen molar-refractivity contribution in [3.8, 4) is 0 Å². The normalized spacial score (nSPS) is 14.6. The molecule has 29 heavy (non-hydrogen) atoms. The van der Waals surface area contributed by atoms with Crippen LogP contribution in [0.25, 0.3) is 10.9 Å². The van der Waals surface area contributed by atoms with Gasteiger partial charge in [-0.1, -0.05) is 6.92 Å². The van der Waals surface area contributed by atoms with Crippen LogP contribution in [0.15, 0.2) is 32.7 Å². The van der Waals surface area contributed by atoms with E-state index in [-0.39, 0.29) is 35.7 Å². The van der Waals surface area contributed by atoms with Gasteiger partial charge in [-0.25, -0.2) is 17.9 Å². The summed E-state index contributed by atoms with van der Waals surface area (Å²) < 4.78 is 29.6. The van der Waals surface area contributed by atoms with Crippen molar-refractivity contribution in [1.82, 2.24) is 18.8 Å². The third-order valence-corrected chi connectivity index (χ3v) is 6.64. The molecule has 1 amide bonds. The Morgan fingerprint density at radius 2 is 1.86 bits per heavy atom. The molecule has 1 aromatic carbocycles. The Hall–Kier alpha value is -2.46. The van der Waals surface area contributed by atoms with Crippen molar-refractivity contribution in [2.24, 2.45) is 7.05 Å². The zero-order valence-electron chi connectivity index (χ0n) is 16.7. The summed E-state index contributed by atoms with van der Waals surface area (Å²) in [5.74, 6) is -0.0864. The lowest BCUT2D eigenvalue weighted by atomic mass is 10.2. The van der Waals surface area contributed by atoms with Gasteiger partial charge in [-0.2, -0.15) is 0 Å². The number of rotatable bonds is 7.